The summed E-state index contributed by atoms with van der Waals surface area (Å²) in [5, 5.41) is 32.1. The van der Waals surface area contributed by atoms with Gasteiger partial charge in [0.15, 0.2) is 16.9 Å². The number of fused-ring (bicyclic) bond motifs is 3. The predicted octanol–water partition coefficient (Wildman–Crippen LogP) is 14.3. The number of aryl methyl sites for hydroxylation is 1. The zero-order valence-electron chi connectivity index (χ0n) is 69.8. The van der Waals surface area contributed by atoms with Crippen molar-refractivity contribution < 1.29 is 56.0 Å². The van der Waals surface area contributed by atoms with Gasteiger partial charge in [-0.3, -0.25) is 19.4 Å². The number of hydrogen-bond donors (Lipinski definition) is 2. The summed E-state index contributed by atoms with van der Waals surface area (Å²) in [5.74, 6) is -2.95. The summed E-state index contributed by atoms with van der Waals surface area (Å²) in [4.78, 5) is 123. The quantitative estimate of drug-likeness (QED) is 0.0670. The van der Waals surface area contributed by atoms with Crippen LogP contribution in [0.5, 0.6) is 17.2 Å². The van der Waals surface area contributed by atoms with Crippen LogP contribution in [-0.2, 0) is 19.1 Å². The van der Waals surface area contributed by atoms with Gasteiger partial charge in [0.2, 0.25) is 17.7 Å². The highest BCUT2D eigenvalue weighted by Gasteiger charge is 2.37. The van der Waals surface area contributed by atoms with Gasteiger partial charge in [-0.05, 0) is 148 Å². The number of ether oxygens (including phenoxy) is 2. The second-order valence-corrected chi connectivity index (χ2v) is 32.1. The fourth-order valence-corrected chi connectivity index (χ4v) is 16.9. The molecule has 0 saturated carbocycles. The smallest absolute Gasteiger partial charge is 0.394 e. The molecule has 2 N–H and O–H groups in total. The molecule has 0 spiro atoms. The number of benzene rings is 5. The highest BCUT2D eigenvalue weighted by atomic mass is 35.5. The number of para-hydroxylation sites is 3. The van der Waals surface area contributed by atoms with E-state index in [4.69, 9.17) is 49.5 Å². The molecule has 5 aromatic carbocycles. The van der Waals surface area contributed by atoms with E-state index in [-0.39, 0.29) is 142 Å². The maximum atomic E-state index is 15.3. The fraction of sp³-hybridized carbons (Fsp3) is 0.275. The minimum atomic E-state index is -3.52. The zero-order valence-corrected chi connectivity index (χ0v) is 72.1. The van der Waals surface area contributed by atoms with Crippen molar-refractivity contribution in [1.82, 2.24) is 63.3 Å². The van der Waals surface area contributed by atoms with Crippen molar-refractivity contribution in [2.45, 2.75) is 78.6 Å². The molecule has 127 heavy (non-hydrogen) atoms. The number of phenolic OH excluding ortho intramolecular Hbond substituents is 2. The maximum Gasteiger partial charge on any atom is 0.394 e. The number of halogens is 8. The molecule has 12 aromatic rings. The van der Waals surface area contributed by atoms with Gasteiger partial charge in [-0.1, -0.05) is 105 Å². The topological polar surface area (TPSA) is 313 Å². The number of anilines is 4. The second kappa shape index (κ2) is 37.2. The lowest BCUT2D eigenvalue weighted by Gasteiger charge is -2.40. The molecule has 3 amide bonds. The largest absolute Gasteiger partial charge is 0.507 e. The minimum Gasteiger partial charge on any atom is -0.507 e. The van der Waals surface area contributed by atoms with Gasteiger partial charge >= 0.3 is 23.2 Å². The van der Waals surface area contributed by atoms with Gasteiger partial charge in [0.25, 0.3) is 0 Å². The van der Waals surface area contributed by atoms with Crippen molar-refractivity contribution in [2.75, 3.05) is 105 Å². The molecule has 0 aliphatic carbocycles. The average molecular weight is 1790 g/mol. The Kier molecular flexibility index (Phi) is 26.3. The highest BCUT2D eigenvalue weighted by Crippen LogP contribution is 2.44. The van der Waals surface area contributed by atoms with Crippen molar-refractivity contribution in [3.05, 3.63) is 252 Å². The number of aromatic hydroxyl groups is 2. The van der Waals surface area contributed by atoms with Crippen LogP contribution < -0.4 is 41.4 Å². The van der Waals surface area contributed by atoms with E-state index in [2.05, 4.69) is 60.4 Å². The molecule has 28 nitrogen and oxygen atoms in total. The van der Waals surface area contributed by atoms with Crippen molar-refractivity contribution in [2.24, 2.45) is 0 Å². The van der Waals surface area contributed by atoms with E-state index < -0.39 is 40.6 Å². The van der Waals surface area contributed by atoms with Crippen LogP contribution >= 0.6 is 34.8 Å². The number of piperazine rings is 3. The van der Waals surface area contributed by atoms with Crippen LogP contribution in [0.2, 0.25) is 15.1 Å². The number of amides is 3. The van der Waals surface area contributed by atoms with Gasteiger partial charge in [-0.25, -0.2) is 56.2 Å². The molecule has 4 saturated heterocycles. The molecule has 3 atom stereocenters. The van der Waals surface area contributed by atoms with Crippen LogP contribution in [0, 0.1) is 35.7 Å². The molecule has 36 heteroatoms. The van der Waals surface area contributed by atoms with E-state index in [1.165, 1.54) is 80.5 Å². The van der Waals surface area contributed by atoms with Gasteiger partial charge in [0.05, 0.1) is 107 Å². The molecule has 0 unspecified atom stereocenters. The third kappa shape index (κ3) is 18.0. The SMILES string of the molecule is C=CC(=O)N1CCN(c2nc(=O)n(-c3c(C)ccnc3C(C)C)c3nc(-c4cc(OC(C)(F)F)ccc4F)c(Cl)cc23)[C@@H](C)C1.C=CC(=O)N1CCN(c2nc(=O)n(-c3ccccc3C#N)c3nc(-c4c(O)cccc4F)c(Cl)cc23)[C@@H](C)C1.C=CC(=O)N1CCN(c2nc(=O)n(-c3ccccc3N3CCOCC3)c3nc(-c4c(O)cccc4F)c(Cl)cc23)[C@@H](C)C1. The predicted molar refractivity (Wildman–Crippen MR) is 476 cm³/mol. The second-order valence-electron chi connectivity index (χ2n) is 30.9. The number of nitriles is 1. The van der Waals surface area contributed by atoms with Crippen molar-refractivity contribution in [3.63, 3.8) is 0 Å². The molecular formula is C91H84Cl3F5N18O10. The van der Waals surface area contributed by atoms with Gasteiger partial charge in [0, 0.05) is 109 Å². The van der Waals surface area contributed by atoms with Crippen LogP contribution in [0.15, 0.2) is 186 Å². The van der Waals surface area contributed by atoms with Crippen molar-refractivity contribution in [3.8, 4) is 74.2 Å². The molecule has 0 bridgehead atoms. The molecule has 4 aliphatic heterocycles. The molecule has 4 aliphatic rings. The number of phenols is 2. The van der Waals surface area contributed by atoms with Crippen LogP contribution in [0.1, 0.15) is 64.3 Å². The van der Waals surface area contributed by atoms with Crippen LogP contribution in [0.4, 0.5) is 45.1 Å². The summed E-state index contributed by atoms with van der Waals surface area (Å²) in [6, 6.07) is 32.6. The number of nitrogens with zero attached hydrogens (tertiary/aromatic N) is 18. The Morgan fingerprint density at radius 1 is 0.543 bits per heavy atom. The Bertz CT molecular complexity index is 6620. The lowest BCUT2D eigenvalue weighted by Crippen LogP contribution is -2.54. The molecule has 11 heterocycles. The van der Waals surface area contributed by atoms with Crippen LogP contribution in [0.25, 0.3) is 83.9 Å². The monoisotopic (exact) mass is 1790 g/mol. The van der Waals surface area contributed by atoms with Crippen molar-refractivity contribution >= 4 is 109 Å². The lowest BCUT2D eigenvalue weighted by atomic mass is 10.0. The lowest BCUT2D eigenvalue weighted by molar-refractivity contribution is -0.159. The van der Waals surface area contributed by atoms with Crippen LogP contribution in [0.3, 0.4) is 0 Å². The third-order valence-corrected chi connectivity index (χ3v) is 23.0. The summed E-state index contributed by atoms with van der Waals surface area (Å²) in [6.07, 6.45) is 1.93. The third-order valence-electron chi connectivity index (χ3n) is 22.2. The first kappa shape index (κ1) is 89.6. The summed E-state index contributed by atoms with van der Waals surface area (Å²) >= 11 is 20.1. The average Bonchev–Trinajstić information content (AvgIpc) is 0.743. The standard InChI is InChI=1S/C32H32ClF3N6O3.C31H30ClFN6O4.C28H22ClFN6O3/c1-7-25(43)40-12-13-41(19(5)16-40)29-22-15-23(33)27(21-14-20(8-9-24(21)34)45-32(6,35)36)38-30(22)42(31(44)39-29)28-18(4)10-11-37-26(28)17(2)3;1-3-26(41)37-11-12-38(19(2)18-37)29-20-17-21(32)28(27-22(33)7-6-10-25(27)40)34-30(20)39(31(42)35-29)24-9-5-4-8-23(24)36-13-15-43-16-14-36;1-3-23(38)34-11-12-35(16(2)15-34)26-18-13-19(29)25(24-20(30)8-6-10-22(24)37)32-27(18)36(28(39)33-26)21-9-5-4-7-17(21)14-31/h7-11,14-15,17,19H,1,12-13,16H2,2-6H3;3-10,17,19,40H,1,11-16,18H2,2H3;3-10,13,16,37H,1,11-12,15H2,2H3/t2*19-;16-/m000/s1. The number of alkyl halides is 2. The zero-order chi connectivity index (χ0) is 90.9. The molecule has 7 aromatic heterocycles. The van der Waals surface area contributed by atoms with E-state index in [0.717, 1.165) is 29.4 Å². The summed E-state index contributed by atoms with van der Waals surface area (Å²) in [5.41, 5.74) is 1.28. The molecule has 654 valence electrons. The van der Waals surface area contributed by atoms with Gasteiger partial charge in [0.1, 0.15) is 58.2 Å². The number of morpholine rings is 1. The Labute approximate surface area is 739 Å². The first-order chi connectivity index (χ1) is 60.7. The van der Waals surface area contributed by atoms with Gasteiger partial charge < -0.3 is 54.0 Å². The number of rotatable bonds is 16. The summed E-state index contributed by atoms with van der Waals surface area (Å²) in [6.45, 7) is 28.5. The molecular weight excluding hydrogens is 1710 g/mol. The normalized spacial score (nSPS) is 16.1. The number of carbonyl (C=O) groups is 3. The van der Waals surface area contributed by atoms with E-state index in [9.17, 15) is 57.4 Å². The Morgan fingerprint density at radius 3 is 1.39 bits per heavy atom. The van der Waals surface area contributed by atoms with E-state index in [1.807, 2.05) is 80.5 Å². The molecule has 0 radical (unpaired) electrons. The highest BCUT2D eigenvalue weighted by molar-refractivity contribution is 6.35. The Morgan fingerprint density at radius 2 is 0.961 bits per heavy atom. The van der Waals surface area contributed by atoms with E-state index in [1.54, 1.807) is 57.3 Å². The first-order valence-corrected chi connectivity index (χ1v) is 41.5. The first-order valence-electron chi connectivity index (χ1n) is 40.4. The Hall–Kier alpha value is -13.7. The summed E-state index contributed by atoms with van der Waals surface area (Å²) in [7, 11) is 0. The number of hydrogen-bond acceptors (Lipinski definition) is 22. The fourth-order valence-electron chi connectivity index (χ4n) is 16.2. The number of aromatic nitrogens is 10. The molecule has 4 fully saturated rings. The number of pyridine rings is 4. The van der Waals surface area contributed by atoms with E-state index >= 15 is 8.78 Å². The maximum absolute atomic E-state index is 15.3. The van der Waals surface area contributed by atoms with Gasteiger partial charge in [-0.2, -0.15) is 29.0 Å². The van der Waals surface area contributed by atoms with E-state index in [0.29, 0.717) is 137 Å². The van der Waals surface area contributed by atoms with Crippen LogP contribution in [-0.4, -0.2) is 201 Å². The Balaban J connectivity index is 0.000000155. The summed E-state index contributed by atoms with van der Waals surface area (Å²) < 4.78 is 86.7. The minimum absolute atomic E-state index is 0.00447. The molecule has 16 rings (SSSR count). The van der Waals surface area contributed by atoms with Gasteiger partial charge in [-0.15, -0.1) is 0 Å². The number of carbonyl (C=O) groups excluding carboxylic acids is 3. The van der Waals surface area contributed by atoms with Crippen molar-refractivity contribution in [1.29, 1.82) is 5.26 Å².